The predicted molar refractivity (Wildman–Crippen MR) is 99.2 cm³/mol. The number of urea groups is 1. The Hall–Kier alpha value is -2.89. The number of nitrogens with zero attached hydrogens (tertiary/aromatic N) is 3. The lowest BCUT2D eigenvalue weighted by atomic mass is 10.1. The van der Waals surface area contributed by atoms with Crippen molar-refractivity contribution in [3.63, 3.8) is 0 Å². The van der Waals surface area contributed by atoms with E-state index in [9.17, 15) is 9.59 Å². The van der Waals surface area contributed by atoms with Crippen LogP contribution in [0.4, 0.5) is 10.5 Å². The van der Waals surface area contributed by atoms with Crippen molar-refractivity contribution < 1.29 is 9.59 Å². The quantitative estimate of drug-likeness (QED) is 0.926. The molecule has 0 aliphatic carbocycles. The van der Waals surface area contributed by atoms with Gasteiger partial charge in [0, 0.05) is 37.1 Å². The highest BCUT2D eigenvalue weighted by atomic mass is 16.2. The number of anilines is 1. The lowest BCUT2D eigenvalue weighted by Gasteiger charge is -2.25. The van der Waals surface area contributed by atoms with Crippen LogP contribution in [-0.4, -0.2) is 41.5 Å². The smallest absolute Gasteiger partial charge is 0.322 e. The van der Waals surface area contributed by atoms with E-state index in [1.807, 2.05) is 48.2 Å². The zero-order valence-corrected chi connectivity index (χ0v) is 14.8. The van der Waals surface area contributed by atoms with Crippen LogP contribution in [0.1, 0.15) is 40.5 Å². The molecule has 3 amide bonds. The minimum atomic E-state index is -0.106. The van der Waals surface area contributed by atoms with Crippen molar-refractivity contribution in [3.05, 3.63) is 59.4 Å². The minimum absolute atomic E-state index is 0.000918. The summed E-state index contributed by atoms with van der Waals surface area (Å²) in [7, 11) is 0. The number of rotatable bonds is 3. The summed E-state index contributed by atoms with van der Waals surface area (Å²) in [5.41, 5.74) is 3.35. The summed E-state index contributed by atoms with van der Waals surface area (Å²) in [6.45, 7) is 3.94. The van der Waals surface area contributed by atoms with E-state index in [1.165, 1.54) is 0 Å². The summed E-state index contributed by atoms with van der Waals surface area (Å²) in [5.74, 6) is -0.000918. The van der Waals surface area contributed by atoms with Gasteiger partial charge in [0.1, 0.15) is 0 Å². The van der Waals surface area contributed by atoms with Crippen LogP contribution in [0.2, 0.25) is 0 Å². The first-order chi connectivity index (χ1) is 12.6. The van der Waals surface area contributed by atoms with E-state index >= 15 is 0 Å². The van der Waals surface area contributed by atoms with Crippen LogP contribution in [0.5, 0.6) is 0 Å². The van der Waals surface area contributed by atoms with Gasteiger partial charge in [0.25, 0.3) is 5.91 Å². The van der Waals surface area contributed by atoms with Crippen molar-refractivity contribution in [1.82, 2.24) is 15.2 Å². The molecule has 1 atom stereocenters. The standard InChI is InChI=1S/C20H22N4O2/c1-14-7-8-15(13-18(14)24-12-10-22-20(24)26)19(25)23-11-4-6-17(23)16-5-2-3-9-21-16/h2-3,5,7-9,13,17H,4,6,10-12H2,1H3,(H,22,26)/t17-/m0/s1. The SMILES string of the molecule is Cc1ccc(C(=O)N2CCC[C@H]2c2ccccn2)cc1N1CCNC1=O. The second kappa shape index (κ2) is 6.78. The Kier molecular flexibility index (Phi) is 4.32. The topological polar surface area (TPSA) is 65.5 Å². The van der Waals surface area contributed by atoms with Gasteiger partial charge in [-0.15, -0.1) is 0 Å². The molecule has 1 aromatic heterocycles. The zero-order valence-electron chi connectivity index (χ0n) is 14.8. The molecule has 3 heterocycles. The first kappa shape index (κ1) is 16.6. The van der Waals surface area contributed by atoms with Crippen LogP contribution in [-0.2, 0) is 0 Å². The van der Waals surface area contributed by atoms with Crippen LogP contribution in [0, 0.1) is 6.92 Å². The Morgan fingerprint density at radius 2 is 2.12 bits per heavy atom. The highest BCUT2D eigenvalue weighted by molar-refractivity contribution is 5.99. The normalized spacial score (nSPS) is 19.7. The van der Waals surface area contributed by atoms with Crippen molar-refractivity contribution in [2.45, 2.75) is 25.8 Å². The molecule has 2 aliphatic rings. The van der Waals surface area contributed by atoms with Gasteiger partial charge >= 0.3 is 6.03 Å². The molecule has 2 aliphatic heterocycles. The molecular weight excluding hydrogens is 328 g/mol. The number of aryl methyl sites for hydroxylation is 1. The van der Waals surface area contributed by atoms with E-state index in [1.54, 1.807) is 11.1 Å². The highest BCUT2D eigenvalue weighted by Gasteiger charge is 2.32. The van der Waals surface area contributed by atoms with Gasteiger partial charge in [-0.25, -0.2) is 4.79 Å². The van der Waals surface area contributed by atoms with Gasteiger partial charge in [0.2, 0.25) is 0 Å². The number of hydrogen-bond acceptors (Lipinski definition) is 3. The van der Waals surface area contributed by atoms with Crippen molar-refractivity contribution in [1.29, 1.82) is 0 Å². The van der Waals surface area contributed by atoms with Crippen LogP contribution in [0.3, 0.4) is 0 Å². The van der Waals surface area contributed by atoms with Crippen LogP contribution in [0.15, 0.2) is 42.6 Å². The molecule has 0 saturated carbocycles. The van der Waals surface area contributed by atoms with Crippen LogP contribution in [0.25, 0.3) is 0 Å². The lowest BCUT2D eigenvalue weighted by Crippen LogP contribution is -2.32. The second-order valence-electron chi connectivity index (χ2n) is 6.80. The number of likely N-dealkylation sites (tertiary alicyclic amines) is 1. The Labute approximate surface area is 152 Å². The molecule has 134 valence electrons. The van der Waals surface area contributed by atoms with Crippen LogP contribution < -0.4 is 10.2 Å². The summed E-state index contributed by atoms with van der Waals surface area (Å²) in [4.78, 5) is 33.2. The Morgan fingerprint density at radius 1 is 1.23 bits per heavy atom. The third-order valence-corrected chi connectivity index (χ3v) is 5.15. The number of benzene rings is 1. The predicted octanol–water partition coefficient (Wildman–Crippen LogP) is 2.90. The van der Waals surface area contributed by atoms with E-state index in [0.29, 0.717) is 18.7 Å². The minimum Gasteiger partial charge on any atom is -0.336 e. The summed E-state index contributed by atoms with van der Waals surface area (Å²) >= 11 is 0. The largest absolute Gasteiger partial charge is 0.336 e. The molecular formula is C20H22N4O2. The summed E-state index contributed by atoms with van der Waals surface area (Å²) in [6, 6.07) is 11.3. The molecule has 0 spiro atoms. The Bertz CT molecular complexity index is 837. The summed E-state index contributed by atoms with van der Waals surface area (Å²) < 4.78 is 0. The van der Waals surface area contributed by atoms with E-state index in [4.69, 9.17) is 0 Å². The van der Waals surface area contributed by atoms with Gasteiger partial charge in [-0.1, -0.05) is 12.1 Å². The number of amides is 3. The number of carbonyl (C=O) groups excluding carboxylic acids is 2. The fourth-order valence-corrected chi connectivity index (χ4v) is 3.79. The van der Waals surface area contributed by atoms with Gasteiger partial charge < -0.3 is 10.2 Å². The molecule has 6 nitrogen and oxygen atoms in total. The highest BCUT2D eigenvalue weighted by Crippen LogP contribution is 2.33. The van der Waals surface area contributed by atoms with Crippen molar-refractivity contribution in [2.24, 2.45) is 0 Å². The molecule has 26 heavy (non-hydrogen) atoms. The lowest BCUT2D eigenvalue weighted by molar-refractivity contribution is 0.0733. The first-order valence-corrected chi connectivity index (χ1v) is 9.03. The van der Waals surface area contributed by atoms with Crippen LogP contribution >= 0.6 is 0 Å². The number of nitrogens with one attached hydrogen (secondary N) is 1. The van der Waals surface area contributed by atoms with E-state index < -0.39 is 0 Å². The maximum absolute atomic E-state index is 13.2. The monoisotopic (exact) mass is 350 g/mol. The molecule has 2 saturated heterocycles. The zero-order chi connectivity index (χ0) is 18.1. The van der Waals surface area contributed by atoms with Crippen molar-refractivity contribution in [2.75, 3.05) is 24.5 Å². The molecule has 6 heteroatoms. The third-order valence-electron chi connectivity index (χ3n) is 5.15. The maximum atomic E-state index is 13.2. The first-order valence-electron chi connectivity index (χ1n) is 9.03. The second-order valence-corrected chi connectivity index (χ2v) is 6.80. The molecule has 0 bridgehead atoms. The summed E-state index contributed by atoms with van der Waals surface area (Å²) in [6.07, 6.45) is 3.67. The number of hydrogen-bond donors (Lipinski definition) is 1. The third kappa shape index (κ3) is 2.92. The number of pyridine rings is 1. The van der Waals surface area contributed by atoms with Crippen molar-refractivity contribution in [3.8, 4) is 0 Å². The average Bonchev–Trinajstić information content (AvgIpc) is 3.31. The van der Waals surface area contributed by atoms with Gasteiger partial charge in [0.05, 0.1) is 11.7 Å². The molecule has 1 aromatic carbocycles. The summed E-state index contributed by atoms with van der Waals surface area (Å²) in [5, 5.41) is 2.81. The Morgan fingerprint density at radius 3 is 2.85 bits per heavy atom. The fraction of sp³-hybridized carbons (Fsp3) is 0.350. The molecule has 2 aromatic rings. The fourth-order valence-electron chi connectivity index (χ4n) is 3.79. The molecule has 1 N–H and O–H groups in total. The molecule has 0 radical (unpaired) electrons. The number of carbonyl (C=O) groups is 2. The van der Waals surface area contributed by atoms with E-state index in [2.05, 4.69) is 10.3 Å². The van der Waals surface area contributed by atoms with E-state index in [-0.39, 0.29) is 18.0 Å². The van der Waals surface area contributed by atoms with Gasteiger partial charge in [-0.05, 0) is 49.6 Å². The molecule has 4 rings (SSSR count). The maximum Gasteiger partial charge on any atom is 0.322 e. The molecule has 2 fully saturated rings. The average molecular weight is 350 g/mol. The van der Waals surface area contributed by atoms with Gasteiger partial charge in [-0.2, -0.15) is 0 Å². The molecule has 0 unspecified atom stereocenters. The van der Waals surface area contributed by atoms with Gasteiger partial charge in [-0.3, -0.25) is 14.7 Å². The number of aromatic nitrogens is 1. The van der Waals surface area contributed by atoms with Gasteiger partial charge in [0.15, 0.2) is 0 Å². The van der Waals surface area contributed by atoms with Crippen molar-refractivity contribution >= 4 is 17.6 Å². The van der Waals surface area contributed by atoms with E-state index in [0.717, 1.165) is 36.3 Å². The Balaban J connectivity index is 1.63.